The van der Waals surface area contributed by atoms with Crippen molar-refractivity contribution in [3.05, 3.63) is 41.4 Å². The standard InChI is InChI=1S/C13H17FO3/c1-3-10(15)5-6-12(16)11-8-9(14)4-7-13(11)17-2/h3-4,7-8,12,15-16H,5-6H2,1-2H3. The van der Waals surface area contributed by atoms with E-state index in [1.807, 2.05) is 0 Å². The Balaban J connectivity index is 2.80. The van der Waals surface area contributed by atoms with Crippen LogP contribution < -0.4 is 4.74 Å². The number of halogens is 1. The summed E-state index contributed by atoms with van der Waals surface area (Å²) in [6.45, 7) is 1.71. The molecule has 0 amide bonds. The van der Waals surface area contributed by atoms with Crippen LogP contribution in [0.2, 0.25) is 0 Å². The number of rotatable bonds is 5. The largest absolute Gasteiger partial charge is 0.513 e. The van der Waals surface area contributed by atoms with Gasteiger partial charge in [-0.25, -0.2) is 4.39 Å². The molecule has 3 nitrogen and oxygen atoms in total. The number of ether oxygens (including phenoxy) is 1. The zero-order valence-corrected chi connectivity index (χ0v) is 9.98. The predicted octanol–water partition coefficient (Wildman–Crippen LogP) is 3.11. The van der Waals surface area contributed by atoms with Crippen LogP contribution in [0, 0.1) is 5.82 Å². The summed E-state index contributed by atoms with van der Waals surface area (Å²) in [4.78, 5) is 0. The Labute approximate surface area is 100 Å². The smallest absolute Gasteiger partial charge is 0.124 e. The number of methoxy groups -OCH3 is 1. The lowest BCUT2D eigenvalue weighted by Gasteiger charge is -2.14. The summed E-state index contributed by atoms with van der Waals surface area (Å²) in [6.07, 6.45) is 1.37. The van der Waals surface area contributed by atoms with Crippen molar-refractivity contribution in [1.29, 1.82) is 0 Å². The number of aliphatic hydroxyl groups excluding tert-OH is 2. The van der Waals surface area contributed by atoms with E-state index in [9.17, 15) is 14.6 Å². The first-order valence-electron chi connectivity index (χ1n) is 5.44. The summed E-state index contributed by atoms with van der Waals surface area (Å²) in [5.41, 5.74) is 0.399. The zero-order chi connectivity index (χ0) is 12.8. The molecule has 0 heterocycles. The topological polar surface area (TPSA) is 49.7 Å². The molecule has 0 aromatic heterocycles. The lowest BCUT2D eigenvalue weighted by Crippen LogP contribution is -2.02. The van der Waals surface area contributed by atoms with Gasteiger partial charge >= 0.3 is 0 Å². The summed E-state index contributed by atoms with van der Waals surface area (Å²) in [6, 6.07) is 4.00. The zero-order valence-electron chi connectivity index (χ0n) is 9.98. The third-order valence-corrected chi connectivity index (χ3v) is 2.56. The maximum atomic E-state index is 13.1. The van der Waals surface area contributed by atoms with E-state index < -0.39 is 11.9 Å². The minimum absolute atomic E-state index is 0.208. The quantitative estimate of drug-likeness (QED) is 0.777. The number of hydrogen-bond acceptors (Lipinski definition) is 3. The van der Waals surface area contributed by atoms with Gasteiger partial charge < -0.3 is 14.9 Å². The van der Waals surface area contributed by atoms with E-state index in [1.54, 1.807) is 13.0 Å². The van der Waals surface area contributed by atoms with Gasteiger partial charge in [0.15, 0.2) is 0 Å². The fourth-order valence-corrected chi connectivity index (χ4v) is 1.55. The van der Waals surface area contributed by atoms with Crippen LogP contribution in [-0.2, 0) is 0 Å². The Hall–Kier alpha value is -1.55. The molecular weight excluding hydrogens is 223 g/mol. The highest BCUT2D eigenvalue weighted by molar-refractivity contribution is 5.35. The van der Waals surface area contributed by atoms with Crippen LogP contribution in [-0.4, -0.2) is 17.3 Å². The number of allylic oxidation sites excluding steroid dienone is 2. The van der Waals surface area contributed by atoms with Crippen molar-refractivity contribution in [2.75, 3.05) is 7.11 Å². The fourth-order valence-electron chi connectivity index (χ4n) is 1.55. The van der Waals surface area contributed by atoms with Crippen molar-refractivity contribution >= 4 is 0 Å². The first-order valence-corrected chi connectivity index (χ1v) is 5.44. The molecule has 0 spiro atoms. The molecule has 0 saturated carbocycles. The average Bonchev–Trinajstić information content (AvgIpc) is 2.35. The maximum absolute atomic E-state index is 13.1. The molecule has 1 atom stereocenters. The lowest BCUT2D eigenvalue weighted by molar-refractivity contribution is 0.158. The van der Waals surface area contributed by atoms with Crippen molar-refractivity contribution in [2.24, 2.45) is 0 Å². The average molecular weight is 240 g/mol. The van der Waals surface area contributed by atoms with Gasteiger partial charge in [-0.2, -0.15) is 0 Å². The molecule has 4 heteroatoms. The van der Waals surface area contributed by atoms with Gasteiger partial charge in [-0.15, -0.1) is 0 Å². The molecule has 17 heavy (non-hydrogen) atoms. The molecule has 1 aromatic rings. The van der Waals surface area contributed by atoms with Crippen LogP contribution >= 0.6 is 0 Å². The van der Waals surface area contributed by atoms with Crippen molar-refractivity contribution in [2.45, 2.75) is 25.9 Å². The Morgan fingerprint density at radius 3 is 2.82 bits per heavy atom. The van der Waals surface area contributed by atoms with E-state index in [0.29, 0.717) is 24.2 Å². The van der Waals surface area contributed by atoms with E-state index in [-0.39, 0.29) is 5.76 Å². The predicted molar refractivity (Wildman–Crippen MR) is 63.5 cm³/mol. The second-order valence-corrected chi connectivity index (χ2v) is 3.72. The molecule has 0 bridgehead atoms. The summed E-state index contributed by atoms with van der Waals surface area (Å²) in [5, 5.41) is 19.2. The third kappa shape index (κ3) is 3.75. The van der Waals surface area contributed by atoms with Crippen molar-refractivity contribution in [1.82, 2.24) is 0 Å². The molecule has 0 aliphatic carbocycles. The van der Waals surface area contributed by atoms with E-state index >= 15 is 0 Å². The molecular formula is C13H17FO3. The number of aliphatic hydroxyl groups is 2. The van der Waals surface area contributed by atoms with Crippen LogP contribution in [0.1, 0.15) is 31.4 Å². The number of benzene rings is 1. The van der Waals surface area contributed by atoms with Crippen LogP contribution in [0.4, 0.5) is 4.39 Å². The van der Waals surface area contributed by atoms with Crippen LogP contribution in [0.15, 0.2) is 30.0 Å². The Kier molecular flexibility index (Phi) is 4.97. The highest BCUT2D eigenvalue weighted by Gasteiger charge is 2.14. The van der Waals surface area contributed by atoms with Crippen molar-refractivity contribution in [3.8, 4) is 5.75 Å². The second kappa shape index (κ2) is 6.25. The minimum atomic E-state index is -0.859. The Morgan fingerprint density at radius 1 is 1.53 bits per heavy atom. The van der Waals surface area contributed by atoms with Gasteiger partial charge in [-0.05, 0) is 37.6 Å². The molecule has 0 fully saturated rings. The molecule has 0 saturated heterocycles. The third-order valence-electron chi connectivity index (χ3n) is 2.56. The highest BCUT2D eigenvalue weighted by atomic mass is 19.1. The number of hydrogen-bond donors (Lipinski definition) is 2. The lowest BCUT2D eigenvalue weighted by atomic mass is 10.0. The first kappa shape index (κ1) is 13.5. The van der Waals surface area contributed by atoms with E-state index in [4.69, 9.17) is 4.74 Å². The van der Waals surface area contributed by atoms with Crippen LogP contribution in [0.5, 0.6) is 5.75 Å². The van der Waals surface area contributed by atoms with Gasteiger partial charge in [0.25, 0.3) is 0 Å². The summed E-state index contributed by atoms with van der Waals surface area (Å²) in [5.74, 6) is 0.230. The van der Waals surface area contributed by atoms with Crippen molar-refractivity contribution < 1.29 is 19.3 Å². The molecule has 0 radical (unpaired) electrons. The monoisotopic (exact) mass is 240 g/mol. The molecule has 1 aromatic carbocycles. The molecule has 0 aliphatic rings. The molecule has 0 aliphatic heterocycles. The summed E-state index contributed by atoms with van der Waals surface area (Å²) in [7, 11) is 1.47. The van der Waals surface area contributed by atoms with Gasteiger partial charge in [0.05, 0.1) is 19.0 Å². The van der Waals surface area contributed by atoms with E-state index in [1.165, 1.54) is 25.3 Å². The normalized spacial score (nSPS) is 13.5. The second-order valence-electron chi connectivity index (χ2n) is 3.72. The fraction of sp³-hybridized carbons (Fsp3) is 0.385. The van der Waals surface area contributed by atoms with Gasteiger partial charge in [0.2, 0.25) is 0 Å². The van der Waals surface area contributed by atoms with E-state index in [2.05, 4.69) is 0 Å². The minimum Gasteiger partial charge on any atom is -0.513 e. The Morgan fingerprint density at radius 2 is 2.24 bits per heavy atom. The molecule has 1 unspecified atom stereocenters. The van der Waals surface area contributed by atoms with Crippen LogP contribution in [0.25, 0.3) is 0 Å². The summed E-state index contributed by atoms with van der Waals surface area (Å²) < 4.78 is 18.1. The Bertz CT molecular complexity index is 402. The van der Waals surface area contributed by atoms with Gasteiger partial charge in [-0.1, -0.05) is 0 Å². The van der Waals surface area contributed by atoms with Crippen molar-refractivity contribution in [3.63, 3.8) is 0 Å². The molecule has 1 rings (SSSR count). The van der Waals surface area contributed by atoms with Crippen LogP contribution in [0.3, 0.4) is 0 Å². The maximum Gasteiger partial charge on any atom is 0.124 e. The highest BCUT2D eigenvalue weighted by Crippen LogP contribution is 2.29. The molecule has 94 valence electrons. The van der Waals surface area contributed by atoms with Gasteiger partial charge in [0, 0.05) is 12.0 Å². The first-order chi connectivity index (χ1) is 8.08. The molecule has 2 N–H and O–H groups in total. The van der Waals surface area contributed by atoms with Gasteiger partial charge in [0.1, 0.15) is 11.6 Å². The van der Waals surface area contributed by atoms with E-state index in [0.717, 1.165) is 0 Å². The van der Waals surface area contributed by atoms with Gasteiger partial charge in [-0.3, -0.25) is 0 Å². The SMILES string of the molecule is CC=C(O)CCC(O)c1cc(F)ccc1OC. The summed E-state index contributed by atoms with van der Waals surface area (Å²) >= 11 is 0.